The summed E-state index contributed by atoms with van der Waals surface area (Å²) in [5.41, 5.74) is -0.480. The summed E-state index contributed by atoms with van der Waals surface area (Å²) in [6.07, 6.45) is 2.75. The minimum Gasteiger partial charge on any atom is -0.348 e. The van der Waals surface area contributed by atoms with Gasteiger partial charge in [-0.05, 0) is 12.8 Å². The predicted molar refractivity (Wildman–Crippen MR) is 57.7 cm³/mol. The molecule has 0 unspecified atom stereocenters. The number of alkyl halides is 2. The summed E-state index contributed by atoms with van der Waals surface area (Å²) in [5.74, 6) is -0.538. The molecule has 1 saturated heterocycles. The van der Waals surface area contributed by atoms with Crippen molar-refractivity contribution in [2.75, 3.05) is 19.8 Å². The van der Waals surface area contributed by atoms with Gasteiger partial charge in [-0.2, -0.15) is 14.0 Å². The van der Waals surface area contributed by atoms with Crippen LogP contribution in [0.2, 0.25) is 0 Å². The van der Waals surface area contributed by atoms with Crippen molar-refractivity contribution in [3.8, 4) is 6.07 Å². The maximum atomic E-state index is 12.1. The van der Waals surface area contributed by atoms with Gasteiger partial charge in [-0.3, -0.25) is 0 Å². The van der Waals surface area contributed by atoms with E-state index in [0.717, 1.165) is 0 Å². The highest BCUT2D eigenvalue weighted by atomic mass is 19.3. The lowest BCUT2D eigenvalue weighted by Crippen LogP contribution is -2.42. The minimum atomic E-state index is -2.78. The van der Waals surface area contributed by atoms with Crippen LogP contribution in [-0.2, 0) is 14.2 Å². The van der Waals surface area contributed by atoms with Crippen LogP contribution < -0.4 is 0 Å². The molecule has 2 rings (SSSR count). The Balaban J connectivity index is 1.94. The Labute approximate surface area is 105 Å². The Bertz CT molecular complexity index is 314. The quantitative estimate of drug-likeness (QED) is 0.780. The standard InChI is InChI=1S/C12H17F2NO3/c13-10(14)16-9-11(5-6-15)1-3-12(4-2-11)17-7-8-18-12/h10H,1-5,7-9H2. The normalized spacial score (nSPS) is 25.4. The molecule has 18 heavy (non-hydrogen) atoms. The average molecular weight is 261 g/mol. The van der Waals surface area contributed by atoms with Gasteiger partial charge in [0.1, 0.15) is 0 Å². The Kier molecular flexibility index (Phi) is 4.15. The minimum absolute atomic E-state index is 0.0751. The second-order valence-electron chi connectivity index (χ2n) is 5.01. The molecule has 0 aromatic carbocycles. The van der Waals surface area contributed by atoms with Crippen molar-refractivity contribution in [1.82, 2.24) is 0 Å². The SMILES string of the molecule is N#CCC1(COC(F)F)CCC2(CC1)OCCO2. The number of rotatable bonds is 4. The number of hydrogen-bond donors (Lipinski definition) is 0. The van der Waals surface area contributed by atoms with E-state index in [-0.39, 0.29) is 13.0 Å². The second kappa shape index (κ2) is 5.47. The van der Waals surface area contributed by atoms with Crippen LogP contribution in [0.5, 0.6) is 0 Å². The largest absolute Gasteiger partial charge is 0.348 e. The molecule has 0 N–H and O–H groups in total. The molecular formula is C12H17F2NO3. The molecule has 0 aromatic heterocycles. The van der Waals surface area contributed by atoms with E-state index in [2.05, 4.69) is 10.8 Å². The Hall–Kier alpha value is -0.770. The van der Waals surface area contributed by atoms with Crippen molar-refractivity contribution in [1.29, 1.82) is 5.26 Å². The van der Waals surface area contributed by atoms with E-state index >= 15 is 0 Å². The molecular weight excluding hydrogens is 244 g/mol. The third kappa shape index (κ3) is 2.97. The summed E-state index contributed by atoms with van der Waals surface area (Å²) < 4.78 is 39.9. The molecule has 4 nitrogen and oxygen atoms in total. The van der Waals surface area contributed by atoms with Crippen LogP contribution in [0.25, 0.3) is 0 Å². The zero-order chi connectivity index (χ0) is 13.1. The summed E-state index contributed by atoms with van der Waals surface area (Å²) >= 11 is 0. The van der Waals surface area contributed by atoms with Gasteiger partial charge < -0.3 is 14.2 Å². The molecule has 1 aliphatic heterocycles. The van der Waals surface area contributed by atoms with Crippen LogP contribution >= 0.6 is 0 Å². The van der Waals surface area contributed by atoms with Crippen molar-refractivity contribution in [3.63, 3.8) is 0 Å². The molecule has 0 amide bonds. The van der Waals surface area contributed by atoms with Gasteiger partial charge in [0.05, 0.1) is 25.9 Å². The van der Waals surface area contributed by atoms with E-state index in [1.807, 2.05) is 0 Å². The van der Waals surface area contributed by atoms with Gasteiger partial charge in [-0.1, -0.05) is 0 Å². The van der Waals surface area contributed by atoms with Crippen molar-refractivity contribution in [2.24, 2.45) is 5.41 Å². The Morgan fingerprint density at radius 3 is 2.28 bits per heavy atom. The summed E-state index contributed by atoms with van der Waals surface area (Å²) in [4.78, 5) is 0. The van der Waals surface area contributed by atoms with E-state index in [1.165, 1.54) is 0 Å². The summed E-state index contributed by atoms with van der Waals surface area (Å²) in [6.45, 7) is -1.69. The highest BCUT2D eigenvalue weighted by molar-refractivity contribution is 4.96. The molecule has 0 atom stereocenters. The highest BCUT2D eigenvalue weighted by Gasteiger charge is 2.46. The van der Waals surface area contributed by atoms with Crippen LogP contribution in [-0.4, -0.2) is 32.2 Å². The van der Waals surface area contributed by atoms with Crippen LogP contribution in [0.1, 0.15) is 32.1 Å². The third-order valence-electron chi connectivity index (χ3n) is 3.86. The molecule has 0 bridgehead atoms. The van der Waals surface area contributed by atoms with Gasteiger partial charge in [0.25, 0.3) is 0 Å². The molecule has 1 heterocycles. The molecule has 6 heteroatoms. The molecule has 1 aliphatic carbocycles. The lowest BCUT2D eigenvalue weighted by Gasteiger charge is -2.42. The van der Waals surface area contributed by atoms with Crippen LogP contribution in [0.4, 0.5) is 8.78 Å². The zero-order valence-corrected chi connectivity index (χ0v) is 10.2. The monoisotopic (exact) mass is 261 g/mol. The van der Waals surface area contributed by atoms with Crippen molar-refractivity contribution >= 4 is 0 Å². The zero-order valence-electron chi connectivity index (χ0n) is 10.2. The van der Waals surface area contributed by atoms with E-state index < -0.39 is 17.8 Å². The first-order valence-corrected chi connectivity index (χ1v) is 6.14. The lowest BCUT2D eigenvalue weighted by atomic mass is 9.70. The van der Waals surface area contributed by atoms with Gasteiger partial charge in [-0.15, -0.1) is 0 Å². The molecule has 1 saturated carbocycles. The van der Waals surface area contributed by atoms with E-state index in [0.29, 0.717) is 38.9 Å². The van der Waals surface area contributed by atoms with Crippen LogP contribution in [0.3, 0.4) is 0 Å². The number of hydrogen-bond acceptors (Lipinski definition) is 4. The first kappa shape index (κ1) is 13.7. The molecule has 2 aliphatic rings. The van der Waals surface area contributed by atoms with Crippen LogP contribution in [0, 0.1) is 16.7 Å². The number of nitrogens with zero attached hydrogens (tertiary/aromatic N) is 1. The van der Waals surface area contributed by atoms with Gasteiger partial charge in [0.15, 0.2) is 5.79 Å². The second-order valence-corrected chi connectivity index (χ2v) is 5.01. The Morgan fingerprint density at radius 2 is 1.78 bits per heavy atom. The average Bonchev–Trinajstić information content (AvgIpc) is 2.80. The van der Waals surface area contributed by atoms with Crippen molar-refractivity contribution < 1.29 is 23.0 Å². The summed E-state index contributed by atoms with van der Waals surface area (Å²) in [6, 6.07) is 2.07. The van der Waals surface area contributed by atoms with Gasteiger partial charge in [-0.25, -0.2) is 0 Å². The number of ether oxygens (including phenoxy) is 3. The maximum Gasteiger partial charge on any atom is 0.345 e. The van der Waals surface area contributed by atoms with E-state index in [1.54, 1.807) is 0 Å². The predicted octanol–water partition coefficient (Wildman–Crippen LogP) is 2.44. The fourth-order valence-electron chi connectivity index (χ4n) is 2.73. The van der Waals surface area contributed by atoms with Gasteiger partial charge in [0.2, 0.25) is 0 Å². The summed E-state index contributed by atoms with van der Waals surface area (Å²) in [7, 11) is 0. The highest BCUT2D eigenvalue weighted by Crippen LogP contribution is 2.46. The van der Waals surface area contributed by atoms with E-state index in [4.69, 9.17) is 14.7 Å². The summed E-state index contributed by atoms with van der Waals surface area (Å²) in [5, 5.41) is 8.85. The first-order valence-electron chi connectivity index (χ1n) is 6.14. The van der Waals surface area contributed by atoms with Gasteiger partial charge >= 0.3 is 6.61 Å². The fourth-order valence-corrected chi connectivity index (χ4v) is 2.73. The van der Waals surface area contributed by atoms with Crippen molar-refractivity contribution in [3.05, 3.63) is 0 Å². The van der Waals surface area contributed by atoms with Crippen molar-refractivity contribution in [2.45, 2.75) is 44.5 Å². The molecule has 2 fully saturated rings. The Morgan fingerprint density at radius 1 is 1.17 bits per heavy atom. The first-order chi connectivity index (χ1) is 8.60. The fraction of sp³-hybridized carbons (Fsp3) is 0.917. The smallest absolute Gasteiger partial charge is 0.345 e. The number of nitriles is 1. The third-order valence-corrected chi connectivity index (χ3v) is 3.86. The molecule has 0 radical (unpaired) electrons. The molecule has 0 aromatic rings. The number of halogens is 2. The lowest BCUT2D eigenvalue weighted by molar-refractivity contribution is -0.208. The molecule has 1 spiro atoms. The van der Waals surface area contributed by atoms with Gasteiger partial charge in [0, 0.05) is 24.7 Å². The van der Waals surface area contributed by atoms with Crippen LogP contribution in [0.15, 0.2) is 0 Å². The topological polar surface area (TPSA) is 51.5 Å². The maximum absolute atomic E-state index is 12.1. The van der Waals surface area contributed by atoms with E-state index in [9.17, 15) is 8.78 Å². The molecule has 102 valence electrons.